The van der Waals surface area contributed by atoms with Gasteiger partial charge in [-0.3, -0.25) is 4.90 Å². The Bertz CT molecular complexity index is 312. The first-order chi connectivity index (χ1) is 7.75. The molecular formula is C12H20N4. The van der Waals surface area contributed by atoms with E-state index >= 15 is 0 Å². The Morgan fingerprint density at radius 3 is 3.06 bits per heavy atom. The summed E-state index contributed by atoms with van der Waals surface area (Å²) in [4.78, 5) is 10.6. The minimum absolute atomic E-state index is 0.609. The summed E-state index contributed by atoms with van der Waals surface area (Å²) >= 11 is 0. The highest BCUT2D eigenvalue weighted by atomic mass is 15.2. The van der Waals surface area contributed by atoms with Gasteiger partial charge in [-0.1, -0.05) is 0 Å². The molecule has 2 rings (SSSR count). The maximum atomic E-state index is 4.21. The van der Waals surface area contributed by atoms with Gasteiger partial charge in [0.15, 0.2) is 0 Å². The number of nitrogens with one attached hydrogen (secondary N) is 1. The van der Waals surface area contributed by atoms with Crippen LogP contribution in [0.2, 0.25) is 0 Å². The predicted molar refractivity (Wildman–Crippen MR) is 64.0 cm³/mol. The average molecular weight is 220 g/mol. The summed E-state index contributed by atoms with van der Waals surface area (Å²) in [6.07, 6.45) is 4.63. The first-order valence-electron chi connectivity index (χ1n) is 5.98. The molecule has 0 bridgehead atoms. The largest absolute Gasteiger partial charge is 0.307 e. The predicted octanol–water partition coefficient (Wildman–Crippen LogP) is 1.05. The molecule has 4 nitrogen and oxygen atoms in total. The molecule has 1 fully saturated rings. The topological polar surface area (TPSA) is 41.0 Å². The van der Waals surface area contributed by atoms with E-state index < -0.39 is 0 Å². The molecule has 0 radical (unpaired) electrons. The van der Waals surface area contributed by atoms with Crippen LogP contribution in [-0.4, -0.2) is 40.0 Å². The first-order valence-corrected chi connectivity index (χ1v) is 5.98. The molecule has 1 unspecified atom stereocenters. The van der Waals surface area contributed by atoms with Crippen LogP contribution >= 0.6 is 0 Å². The highest BCUT2D eigenvalue weighted by Gasteiger charge is 2.23. The molecule has 0 aromatic carbocycles. The van der Waals surface area contributed by atoms with Gasteiger partial charge in [0.25, 0.3) is 0 Å². The van der Waals surface area contributed by atoms with Gasteiger partial charge in [0.2, 0.25) is 0 Å². The highest BCUT2D eigenvalue weighted by molar-refractivity contribution is 4.98. The van der Waals surface area contributed by atoms with Crippen LogP contribution in [0.25, 0.3) is 0 Å². The van der Waals surface area contributed by atoms with Crippen molar-refractivity contribution in [1.82, 2.24) is 20.2 Å². The van der Waals surface area contributed by atoms with Crippen LogP contribution < -0.4 is 5.32 Å². The van der Waals surface area contributed by atoms with Crippen LogP contribution in [0.4, 0.5) is 0 Å². The van der Waals surface area contributed by atoms with Gasteiger partial charge in [-0.05, 0) is 32.9 Å². The molecule has 0 saturated carbocycles. The molecule has 0 amide bonds. The van der Waals surface area contributed by atoms with E-state index in [0.29, 0.717) is 12.1 Å². The van der Waals surface area contributed by atoms with Crippen LogP contribution in [0.5, 0.6) is 0 Å². The maximum Gasteiger partial charge on any atom is 0.115 e. The molecule has 4 heteroatoms. The Morgan fingerprint density at radius 1 is 1.56 bits per heavy atom. The molecular weight excluding hydrogens is 200 g/mol. The average Bonchev–Trinajstić information content (AvgIpc) is 2.76. The van der Waals surface area contributed by atoms with Crippen molar-refractivity contribution in [3.05, 3.63) is 24.3 Å². The molecule has 2 heterocycles. The Balaban J connectivity index is 1.76. The lowest BCUT2D eigenvalue weighted by Crippen LogP contribution is -2.34. The van der Waals surface area contributed by atoms with E-state index in [-0.39, 0.29) is 0 Å². The van der Waals surface area contributed by atoms with Gasteiger partial charge in [-0.2, -0.15) is 0 Å². The van der Waals surface area contributed by atoms with E-state index in [1.54, 1.807) is 12.5 Å². The second-order valence-electron chi connectivity index (χ2n) is 4.66. The van der Waals surface area contributed by atoms with Gasteiger partial charge < -0.3 is 5.32 Å². The van der Waals surface area contributed by atoms with Crippen LogP contribution in [0, 0.1) is 0 Å². The molecule has 0 aliphatic carbocycles. The molecule has 1 aliphatic rings. The summed E-state index contributed by atoms with van der Waals surface area (Å²) < 4.78 is 0. The summed E-state index contributed by atoms with van der Waals surface area (Å²) in [6, 6.07) is 3.23. The number of rotatable bonds is 4. The third kappa shape index (κ3) is 3.00. The monoisotopic (exact) mass is 220 g/mol. The summed E-state index contributed by atoms with van der Waals surface area (Å²) in [7, 11) is 0. The fraction of sp³-hybridized carbons (Fsp3) is 0.667. The van der Waals surface area contributed by atoms with Crippen molar-refractivity contribution in [1.29, 1.82) is 0 Å². The Hall–Kier alpha value is -1.00. The summed E-state index contributed by atoms with van der Waals surface area (Å²) in [6.45, 7) is 7.72. The van der Waals surface area contributed by atoms with Crippen molar-refractivity contribution in [2.45, 2.75) is 38.9 Å². The molecule has 1 N–H and O–H groups in total. The van der Waals surface area contributed by atoms with Crippen LogP contribution in [0.3, 0.4) is 0 Å². The third-order valence-electron chi connectivity index (χ3n) is 3.17. The van der Waals surface area contributed by atoms with E-state index in [1.165, 1.54) is 13.0 Å². The second kappa shape index (κ2) is 5.37. The minimum atomic E-state index is 0.609. The maximum absolute atomic E-state index is 4.21. The molecule has 1 aromatic heterocycles. The van der Waals surface area contributed by atoms with Crippen molar-refractivity contribution in [3.8, 4) is 0 Å². The SMILES string of the molecule is CC(C)N1CCC(NCc2ccncn2)C1. The lowest BCUT2D eigenvalue weighted by molar-refractivity contribution is 0.268. The first kappa shape index (κ1) is 11.5. The summed E-state index contributed by atoms with van der Waals surface area (Å²) in [5, 5.41) is 3.55. The second-order valence-corrected chi connectivity index (χ2v) is 4.66. The molecule has 1 aromatic rings. The zero-order valence-electron chi connectivity index (χ0n) is 10.1. The smallest absolute Gasteiger partial charge is 0.115 e. The molecule has 16 heavy (non-hydrogen) atoms. The number of likely N-dealkylation sites (tertiary alicyclic amines) is 1. The van der Waals surface area contributed by atoms with Crippen molar-refractivity contribution in [3.63, 3.8) is 0 Å². The third-order valence-corrected chi connectivity index (χ3v) is 3.17. The van der Waals surface area contributed by atoms with E-state index in [9.17, 15) is 0 Å². The summed E-state index contributed by atoms with van der Waals surface area (Å²) in [5.41, 5.74) is 1.07. The zero-order chi connectivity index (χ0) is 11.4. The highest BCUT2D eigenvalue weighted by Crippen LogP contribution is 2.12. The molecule has 88 valence electrons. The number of aromatic nitrogens is 2. The molecule has 0 spiro atoms. The lowest BCUT2D eigenvalue weighted by atomic mass is 10.2. The van der Waals surface area contributed by atoms with Crippen LogP contribution in [0.1, 0.15) is 26.0 Å². The van der Waals surface area contributed by atoms with E-state index in [2.05, 4.69) is 34.0 Å². The fourth-order valence-corrected chi connectivity index (χ4v) is 2.09. The number of hydrogen-bond donors (Lipinski definition) is 1. The van der Waals surface area contributed by atoms with Gasteiger partial charge in [-0.15, -0.1) is 0 Å². The van der Waals surface area contributed by atoms with Crippen molar-refractivity contribution in [2.75, 3.05) is 13.1 Å². The van der Waals surface area contributed by atoms with Gasteiger partial charge in [0.05, 0.1) is 5.69 Å². The molecule has 1 atom stereocenters. The fourth-order valence-electron chi connectivity index (χ4n) is 2.09. The van der Waals surface area contributed by atoms with E-state index in [0.717, 1.165) is 18.8 Å². The van der Waals surface area contributed by atoms with Gasteiger partial charge in [0.1, 0.15) is 6.33 Å². The van der Waals surface area contributed by atoms with Crippen LogP contribution in [-0.2, 0) is 6.54 Å². The quantitative estimate of drug-likeness (QED) is 0.823. The normalized spacial score (nSPS) is 21.8. The Labute approximate surface area is 97.1 Å². The van der Waals surface area contributed by atoms with Gasteiger partial charge in [0, 0.05) is 31.4 Å². The number of hydrogen-bond acceptors (Lipinski definition) is 4. The van der Waals surface area contributed by atoms with Crippen molar-refractivity contribution < 1.29 is 0 Å². The number of nitrogens with zero attached hydrogens (tertiary/aromatic N) is 3. The standard InChI is InChI=1S/C12H20N4/c1-10(2)16-6-4-12(8-16)14-7-11-3-5-13-9-15-11/h3,5,9-10,12,14H,4,6-8H2,1-2H3. The van der Waals surface area contributed by atoms with Crippen molar-refractivity contribution in [2.24, 2.45) is 0 Å². The Kier molecular flexibility index (Phi) is 3.85. The minimum Gasteiger partial charge on any atom is -0.307 e. The molecule has 1 aliphatic heterocycles. The van der Waals surface area contributed by atoms with Crippen LogP contribution in [0.15, 0.2) is 18.6 Å². The summed E-state index contributed by atoms with van der Waals surface area (Å²) in [5.74, 6) is 0. The lowest BCUT2D eigenvalue weighted by Gasteiger charge is -2.20. The molecule has 1 saturated heterocycles. The Morgan fingerprint density at radius 2 is 2.44 bits per heavy atom. The van der Waals surface area contributed by atoms with Crippen molar-refractivity contribution >= 4 is 0 Å². The van der Waals surface area contributed by atoms with E-state index in [4.69, 9.17) is 0 Å². The van der Waals surface area contributed by atoms with E-state index in [1.807, 2.05) is 6.07 Å². The van der Waals surface area contributed by atoms with Gasteiger partial charge >= 0.3 is 0 Å². The zero-order valence-corrected chi connectivity index (χ0v) is 10.1. The van der Waals surface area contributed by atoms with Gasteiger partial charge in [-0.25, -0.2) is 9.97 Å².